The van der Waals surface area contributed by atoms with Crippen LogP contribution >= 0.6 is 0 Å². The number of carbonyl (C=O) groups is 1. The molecule has 1 amide bonds. The van der Waals surface area contributed by atoms with E-state index < -0.39 is 10.0 Å². The van der Waals surface area contributed by atoms with E-state index in [1.165, 1.54) is 6.07 Å². The molecule has 0 aliphatic carbocycles. The number of anilines is 2. The number of primary sulfonamides is 1. The maximum Gasteiger partial charge on any atom is 0.238 e. The lowest BCUT2D eigenvalue weighted by Gasteiger charge is -2.13. The van der Waals surface area contributed by atoms with Gasteiger partial charge in [0.15, 0.2) is 0 Å². The number of nitrogens with one attached hydrogen (secondary N) is 2. The maximum atomic E-state index is 11.5. The minimum Gasteiger partial charge on any atom is -0.399 e. The van der Waals surface area contributed by atoms with Gasteiger partial charge < -0.3 is 16.4 Å². The van der Waals surface area contributed by atoms with Crippen LogP contribution in [0.15, 0.2) is 17.0 Å². The first-order valence-electron chi connectivity index (χ1n) is 6.69. The molecule has 0 atom stereocenters. The second kappa shape index (κ2) is 7.28. The highest BCUT2D eigenvalue weighted by molar-refractivity contribution is 7.89. The Labute approximate surface area is 125 Å². The molecule has 6 N–H and O–H groups in total. The molecule has 0 heterocycles. The van der Waals surface area contributed by atoms with E-state index in [1.54, 1.807) is 13.0 Å². The molecule has 118 valence electrons. The van der Waals surface area contributed by atoms with Gasteiger partial charge in [-0.25, -0.2) is 13.6 Å². The lowest BCUT2D eigenvalue weighted by molar-refractivity contribution is -0.120. The Morgan fingerprint density at radius 2 is 1.95 bits per heavy atom. The molecule has 21 heavy (non-hydrogen) atoms. The summed E-state index contributed by atoms with van der Waals surface area (Å²) in [7, 11) is -3.83. The van der Waals surface area contributed by atoms with Crippen molar-refractivity contribution >= 4 is 27.3 Å². The van der Waals surface area contributed by atoms with E-state index in [2.05, 4.69) is 10.6 Å². The Kier molecular flexibility index (Phi) is 5.98. The van der Waals surface area contributed by atoms with Crippen molar-refractivity contribution in [2.45, 2.75) is 31.6 Å². The topological polar surface area (TPSA) is 127 Å². The summed E-state index contributed by atoms with van der Waals surface area (Å²) in [5, 5.41) is 10.9. The Morgan fingerprint density at radius 1 is 1.29 bits per heavy atom. The second-order valence-corrected chi connectivity index (χ2v) is 6.29. The Morgan fingerprint density at radius 3 is 2.52 bits per heavy atom. The third-order valence-electron chi connectivity index (χ3n) is 2.93. The van der Waals surface area contributed by atoms with Crippen LogP contribution in [0.4, 0.5) is 11.4 Å². The molecule has 0 radical (unpaired) electrons. The first kappa shape index (κ1) is 17.3. The van der Waals surface area contributed by atoms with Crippen molar-refractivity contribution < 1.29 is 13.2 Å². The molecule has 0 spiro atoms. The van der Waals surface area contributed by atoms with Crippen LogP contribution in [0.2, 0.25) is 0 Å². The smallest absolute Gasteiger partial charge is 0.238 e. The number of carbonyl (C=O) groups excluding carboxylic acids is 1. The summed E-state index contributed by atoms with van der Waals surface area (Å²) in [4.78, 5) is 11.5. The average molecular weight is 314 g/mol. The van der Waals surface area contributed by atoms with Crippen LogP contribution in [0.3, 0.4) is 0 Å². The Bertz CT molecular complexity index is 614. The third kappa shape index (κ3) is 5.24. The van der Waals surface area contributed by atoms with Crippen LogP contribution in [-0.2, 0) is 14.8 Å². The average Bonchev–Trinajstić information content (AvgIpc) is 2.38. The van der Waals surface area contributed by atoms with Crippen molar-refractivity contribution in [1.29, 1.82) is 0 Å². The number of nitrogen functional groups attached to an aromatic ring is 1. The molecule has 7 nitrogen and oxygen atoms in total. The van der Waals surface area contributed by atoms with Gasteiger partial charge in [0.2, 0.25) is 15.9 Å². The van der Waals surface area contributed by atoms with Gasteiger partial charge in [-0.3, -0.25) is 4.79 Å². The van der Waals surface area contributed by atoms with E-state index in [9.17, 15) is 13.2 Å². The molecule has 1 aromatic rings. The number of benzene rings is 1. The van der Waals surface area contributed by atoms with Gasteiger partial charge in [-0.05, 0) is 31.0 Å². The Hall–Kier alpha value is -1.80. The molecule has 0 aromatic heterocycles. The van der Waals surface area contributed by atoms with Gasteiger partial charge in [0, 0.05) is 30.9 Å². The molecule has 0 bridgehead atoms. The fourth-order valence-corrected chi connectivity index (χ4v) is 2.69. The van der Waals surface area contributed by atoms with Crippen molar-refractivity contribution in [3.05, 3.63) is 17.7 Å². The molecule has 8 heteroatoms. The zero-order valence-electron chi connectivity index (χ0n) is 12.3. The van der Waals surface area contributed by atoms with E-state index in [0.29, 0.717) is 36.4 Å². The number of rotatable bonds is 7. The lowest BCUT2D eigenvalue weighted by Crippen LogP contribution is -2.26. The van der Waals surface area contributed by atoms with E-state index in [-0.39, 0.29) is 10.8 Å². The quantitative estimate of drug-likeness (QED) is 0.547. The highest BCUT2D eigenvalue weighted by Gasteiger charge is 2.15. The van der Waals surface area contributed by atoms with E-state index >= 15 is 0 Å². The third-order valence-corrected chi connectivity index (χ3v) is 3.97. The first-order chi connectivity index (χ1) is 9.75. The van der Waals surface area contributed by atoms with Crippen LogP contribution in [0.25, 0.3) is 0 Å². The largest absolute Gasteiger partial charge is 0.399 e. The summed E-state index contributed by atoms with van der Waals surface area (Å²) >= 11 is 0. The fourth-order valence-electron chi connectivity index (χ4n) is 1.85. The van der Waals surface area contributed by atoms with E-state index in [1.807, 2.05) is 6.92 Å². The number of nitrogens with two attached hydrogens (primary N) is 2. The highest BCUT2D eigenvalue weighted by atomic mass is 32.2. The minimum absolute atomic E-state index is 0.0135. The molecule has 0 aliphatic heterocycles. The maximum absolute atomic E-state index is 11.5. The molecule has 0 aliphatic rings. The summed E-state index contributed by atoms with van der Waals surface area (Å²) in [5.41, 5.74) is 7.02. The summed E-state index contributed by atoms with van der Waals surface area (Å²) in [6, 6.07) is 2.94. The van der Waals surface area contributed by atoms with Crippen molar-refractivity contribution in [2.75, 3.05) is 24.1 Å². The summed E-state index contributed by atoms with van der Waals surface area (Å²) < 4.78 is 23.0. The molecular weight excluding hydrogens is 292 g/mol. The van der Waals surface area contributed by atoms with Crippen LogP contribution in [0, 0.1) is 6.92 Å². The molecular formula is C13H22N4O3S. The van der Waals surface area contributed by atoms with Crippen LogP contribution in [-0.4, -0.2) is 27.4 Å². The summed E-state index contributed by atoms with van der Waals surface area (Å²) in [5.74, 6) is -0.0578. The molecule has 1 rings (SSSR count). The lowest BCUT2D eigenvalue weighted by atomic mass is 10.1. The van der Waals surface area contributed by atoms with E-state index in [0.717, 1.165) is 6.42 Å². The zero-order chi connectivity index (χ0) is 16.0. The predicted octanol–water partition coefficient (Wildman–Crippen LogP) is 0.553. The molecule has 0 saturated heterocycles. The van der Waals surface area contributed by atoms with Crippen molar-refractivity contribution in [3.63, 3.8) is 0 Å². The van der Waals surface area contributed by atoms with Crippen LogP contribution in [0.1, 0.15) is 25.3 Å². The van der Waals surface area contributed by atoms with Gasteiger partial charge in [0.25, 0.3) is 0 Å². The van der Waals surface area contributed by atoms with Gasteiger partial charge in [-0.15, -0.1) is 0 Å². The molecule has 0 saturated carbocycles. The number of hydrogen-bond donors (Lipinski definition) is 4. The van der Waals surface area contributed by atoms with Gasteiger partial charge in [-0.2, -0.15) is 0 Å². The van der Waals surface area contributed by atoms with Crippen LogP contribution < -0.4 is 21.5 Å². The van der Waals surface area contributed by atoms with Crippen LogP contribution in [0.5, 0.6) is 0 Å². The highest BCUT2D eigenvalue weighted by Crippen LogP contribution is 2.25. The molecule has 0 fully saturated rings. The second-order valence-electron chi connectivity index (χ2n) is 4.76. The molecule has 0 unspecified atom stereocenters. The number of hydrogen-bond acceptors (Lipinski definition) is 5. The monoisotopic (exact) mass is 314 g/mol. The SMILES string of the molecule is CCCNC(=O)CCNc1cc(N)cc(S(N)(=O)=O)c1C. The van der Waals surface area contributed by atoms with Crippen molar-refractivity contribution in [2.24, 2.45) is 5.14 Å². The predicted molar refractivity (Wildman–Crippen MR) is 83.4 cm³/mol. The van der Waals surface area contributed by atoms with Crippen molar-refractivity contribution in [1.82, 2.24) is 5.32 Å². The summed E-state index contributed by atoms with van der Waals surface area (Å²) in [6.07, 6.45) is 1.17. The Balaban J connectivity index is 2.76. The fraction of sp³-hybridized carbons (Fsp3) is 0.462. The first-order valence-corrected chi connectivity index (χ1v) is 8.23. The van der Waals surface area contributed by atoms with Gasteiger partial charge in [0.05, 0.1) is 4.90 Å². The number of amides is 1. The zero-order valence-corrected chi connectivity index (χ0v) is 13.1. The minimum atomic E-state index is -3.83. The van der Waals surface area contributed by atoms with Gasteiger partial charge in [0.1, 0.15) is 0 Å². The van der Waals surface area contributed by atoms with Gasteiger partial charge in [-0.1, -0.05) is 6.92 Å². The number of sulfonamides is 1. The van der Waals surface area contributed by atoms with E-state index in [4.69, 9.17) is 10.9 Å². The standard InChI is InChI=1S/C13H22N4O3S/c1-3-5-17-13(18)4-6-16-11-7-10(14)8-12(9(11)2)21(15,19)20/h7-8,16H,3-6,14H2,1-2H3,(H,17,18)(H2,15,19,20). The summed E-state index contributed by atoms with van der Waals surface area (Å²) in [6.45, 7) is 4.64. The molecule has 1 aromatic carbocycles. The normalized spacial score (nSPS) is 11.2. The van der Waals surface area contributed by atoms with Crippen molar-refractivity contribution in [3.8, 4) is 0 Å². The van der Waals surface area contributed by atoms with Gasteiger partial charge >= 0.3 is 0 Å².